The normalized spacial score (nSPS) is 10.9. The SMILES string of the molecule is CCOc1cc(-c2cc(OC)ncc2F)nc2cc(C(=O)NCCCc3[nH]nnc3C)ccc12. The highest BCUT2D eigenvalue weighted by Gasteiger charge is 2.15. The molecule has 0 radical (unpaired) electrons. The van der Waals surface area contributed by atoms with Crippen LogP contribution in [0, 0.1) is 12.7 Å². The molecule has 0 fully saturated rings. The Morgan fingerprint density at radius 2 is 2.09 bits per heavy atom. The number of benzene rings is 1. The van der Waals surface area contributed by atoms with Gasteiger partial charge in [-0.3, -0.25) is 9.89 Å². The Balaban J connectivity index is 1.59. The number of amides is 1. The lowest BCUT2D eigenvalue weighted by Gasteiger charge is -2.12. The smallest absolute Gasteiger partial charge is 0.251 e. The van der Waals surface area contributed by atoms with Gasteiger partial charge in [-0.1, -0.05) is 5.21 Å². The summed E-state index contributed by atoms with van der Waals surface area (Å²) in [6.07, 6.45) is 2.57. The van der Waals surface area contributed by atoms with Crippen LogP contribution in [0.2, 0.25) is 0 Å². The zero-order chi connectivity index (χ0) is 24.1. The highest BCUT2D eigenvalue weighted by atomic mass is 19.1. The summed E-state index contributed by atoms with van der Waals surface area (Å²) in [5.74, 6) is 0.0636. The molecule has 9 nitrogen and oxygen atoms in total. The monoisotopic (exact) mass is 464 g/mol. The third-order valence-electron chi connectivity index (χ3n) is 5.36. The van der Waals surface area contributed by atoms with Crippen LogP contribution in [0.1, 0.15) is 35.1 Å². The number of fused-ring (bicyclic) bond motifs is 1. The van der Waals surface area contributed by atoms with Gasteiger partial charge in [0.05, 0.1) is 42.5 Å². The summed E-state index contributed by atoms with van der Waals surface area (Å²) < 4.78 is 25.4. The van der Waals surface area contributed by atoms with Crippen molar-refractivity contribution < 1.29 is 18.7 Å². The molecule has 4 rings (SSSR count). The Morgan fingerprint density at radius 1 is 1.24 bits per heavy atom. The van der Waals surface area contributed by atoms with Crippen LogP contribution in [0.3, 0.4) is 0 Å². The number of hydrogen-bond donors (Lipinski definition) is 2. The molecule has 1 amide bonds. The van der Waals surface area contributed by atoms with Gasteiger partial charge in [0, 0.05) is 35.2 Å². The fourth-order valence-electron chi connectivity index (χ4n) is 3.59. The predicted octanol–water partition coefficient (Wildman–Crippen LogP) is 3.63. The van der Waals surface area contributed by atoms with E-state index in [0.29, 0.717) is 35.7 Å². The molecule has 0 aliphatic carbocycles. The molecule has 3 heterocycles. The van der Waals surface area contributed by atoms with Crippen molar-refractivity contribution in [2.45, 2.75) is 26.7 Å². The number of carbonyl (C=O) groups is 1. The minimum atomic E-state index is -0.535. The number of nitrogens with zero attached hydrogens (tertiary/aromatic N) is 4. The molecule has 0 spiro atoms. The van der Waals surface area contributed by atoms with E-state index in [1.165, 1.54) is 13.2 Å². The first-order valence-corrected chi connectivity index (χ1v) is 10.9. The molecular weight excluding hydrogens is 439 g/mol. The molecule has 3 aromatic heterocycles. The summed E-state index contributed by atoms with van der Waals surface area (Å²) in [4.78, 5) is 21.2. The van der Waals surface area contributed by atoms with E-state index >= 15 is 0 Å². The first-order chi connectivity index (χ1) is 16.5. The topological polar surface area (TPSA) is 115 Å². The molecule has 0 bridgehead atoms. The Bertz CT molecular complexity index is 1320. The lowest BCUT2D eigenvalue weighted by atomic mass is 10.1. The average Bonchev–Trinajstić information content (AvgIpc) is 3.26. The van der Waals surface area contributed by atoms with Gasteiger partial charge in [-0.15, -0.1) is 5.10 Å². The maximum atomic E-state index is 14.5. The van der Waals surface area contributed by atoms with Crippen molar-refractivity contribution in [1.82, 2.24) is 30.7 Å². The van der Waals surface area contributed by atoms with E-state index in [9.17, 15) is 9.18 Å². The van der Waals surface area contributed by atoms with Crippen LogP contribution in [-0.4, -0.2) is 51.5 Å². The van der Waals surface area contributed by atoms with Crippen LogP contribution in [0.5, 0.6) is 11.6 Å². The van der Waals surface area contributed by atoms with Gasteiger partial charge in [-0.25, -0.2) is 14.4 Å². The zero-order valence-corrected chi connectivity index (χ0v) is 19.2. The number of ether oxygens (including phenoxy) is 2. The largest absolute Gasteiger partial charge is 0.493 e. The predicted molar refractivity (Wildman–Crippen MR) is 124 cm³/mol. The van der Waals surface area contributed by atoms with E-state index in [4.69, 9.17) is 9.47 Å². The fraction of sp³-hybridized carbons (Fsp3) is 0.292. The van der Waals surface area contributed by atoms with Gasteiger partial charge in [0.2, 0.25) is 5.88 Å². The second-order valence-corrected chi connectivity index (χ2v) is 7.61. The minimum Gasteiger partial charge on any atom is -0.493 e. The van der Waals surface area contributed by atoms with Crippen molar-refractivity contribution in [2.75, 3.05) is 20.3 Å². The quantitative estimate of drug-likeness (QED) is 0.364. The Hall–Kier alpha value is -4.08. The van der Waals surface area contributed by atoms with Gasteiger partial charge in [0.1, 0.15) is 5.75 Å². The number of aromatic nitrogens is 5. The van der Waals surface area contributed by atoms with E-state index in [2.05, 4.69) is 30.7 Å². The molecule has 4 aromatic rings. The Labute approximate surface area is 195 Å². The van der Waals surface area contributed by atoms with Gasteiger partial charge in [-0.05, 0) is 44.9 Å². The fourth-order valence-corrected chi connectivity index (χ4v) is 3.59. The number of carbonyl (C=O) groups excluding carboxylic acids is 1. The van der Waals surface area contributed by atoms with Crippen LogP contribution in [0.15, 0.2) is 36.5 Å². The third-order valence-corrected chi connectivity index (χ3v) is 5.36. The lowest BCUT2D eigenvalue weighted by Crippen LogP contribution is -2.24. The molecule has 0 unspecified atom stereocenters. The first kappa shape index (κ1) is 23.1. The van der Waals surface area contributed by atoms with Gasteiger partial charge in [0.25, 0.3) is 5.91 Å². The van der Waals surface area contributed by atoms with E-state index in [1.807, 2.05) is 13.8 Å². The van der Waals surface area contributed by atoms with Gasteiger partial charge < -0.3 is 14.8 Å². The number of H-pyrrole nitrogens is 1. The number of aryl methyl sites for hydroxylation is 2. The van der Waals surface area contributed by atoms with Crippen molar-refractivity contribution in [2.24, 2.45) is 0 Å². The molecule has 0 saturated carbocycles. The highest BCUT2D eigenvalue weighted by molar-refractivity contribution is 5.99. The minimum absolute atomic E-state index is 0.219. The summed E-state index contributed by atoms with van der Waals surface area (Å²) >= 11 is 0. The first-order valence-electron chi connectivity index (χ1n) is 10.9. The van der Waals surface area contributed by atoms with Crippen molar-refractivity contribution in [1.29, 1.82) is 0 Å². The van der Waals surface area contributed by atoms with E-state index in [1.54, 1.807) is 24.3 Å². The van der Waals surface area contributed by atoms with Crippen LogP contribution in [0.4, 0.5) is 4.39 Å². The highest BCUT2D eigenvalue weighted by Crippen LogP contribution is 2.32. The molecule has 2 N–H and O–H groups in total. The summed E-state index contributed by atoms with van der Waals surface area (Å²) in [5, 5.41) is 14.2. The van der Waals surface area contributed by atoms with Crippen LogP contribution >= 0.6 is 0 Å². The molecule has 34 heavy (non-hydrogen) atoms. The van der Waals surface area contributed by atoms with Crippen molar-refractivity contribution in [3.05, 3.63) is 59.3 Å². The Kier molecular flexibility index (Phi) is 6.95. The Morgan fingerprint density at radius 3 is 2.82 bits per heavy atom. The molecule has 0 aliphatic heterocycles. The van der Waals surface area contributed by atoms with Gasteiger partial charge >= 0.3 is 0 Å². The number of hydrogen-bond acceptors (Lipinski definition) is 7. The number of aromatic amines is 1. The van der Waals surface area contributed by atoms with Crippen molar-refractivity contribution in [3.8, 4) is 22.9 Å². The molecule has 10 heteroatoms. The summed E-state index contributed by atoms with van der Waals surface area (Å²) in [6, 6.07) is 8.34. The van der Waals surface area contributed by atoms with Crippen LogP contribution in [-0.2, 0) is 6.42 Å². The van der Waals surface area contributed by atoms with Gasteiger partial charge in [-0.2, -0.15) is 0 Å². The number of pyridine rings is 2. The van der Waals surface area contributed by atoms with E-state index < -0.39 is 5.82 Å². The summed E-state index contributed by atoms with van der Waals surface area (Å²) in [5.41, 5.74) is 3.37. The van der Waals surface area contributed by atoms with Crippen molar-refractivity contribution >= 4 is 16.8 Å². The van der Waals surface area contributed by atoms with Crippen LogP contribution < -0.4 is 14.8 Å². The number of nitrogens with one attached hydrogen (secondary N) is 2. The van der Waals surface area contributed by atoms with Crippen LogP contribution in [0.25, 0.3) is 22.2 Å². The molecule has 1 aromatic carbocycles. The molecule has 0 aliphatic rings. The second kappa shape index (κ2) is 10.2. The lowest BCUT2D eigenvalue weighted by molar-refractivity contribution is 0.0953. The van der Waals surface area contributed by atoms with Gasteiger partial charge in [0.15, 0.2) is 5.82 Å². The molecular formula is C24H25FN6O3. The second-order valence-electron chi connectivity index (χ2n) is 7.61. The van der Waals surface area contributed by atoms with E-state index in [-0.39, 0.29) is 17.4 Å². The van der Waals surface area contributed by atoms with E-state index in [0.717, 1.165) is 35.8 Å². The average molecular weight is 465 g/mol. The summed E-state index contributed by atoms with van der Waals surface area (Å²) in [6.45, 7) is 4.67. The standard InChI is InChI=1S/C24H25FN6O3/c1-4-34-22-12-21(17-11-23(33-3)27-13-18(17)25)28-20-10-15(7-8-16(20)22)24(32)26-9-5-6-19-14(2)29-31-30-19/h7-8,10-13H,4-6,9H2,1-3H3,(H,26,32)(H,29,30,31). The number of methoxy groups -OCH3 is 1. The number of rotatable bonds is 9. The maximum Gasteiger partial charge on any atom is 0.251 e. The molecule has 0 saturated heterocycles. The summed E-state index contributed by atoms with van der Waals surface area (Å²) in [7, 11) is 1.46. The third kappa shape index (κ3) is 4.95. The molecule has 176 valence electrons. The number of halogens is 1. The zero-order valence-electron chi connectivity index (χ0n) is 19.2. The molecule has 0 atom stereocenters. The maximum absolute atomic E-state index is 14.5. The van der Waals surface area contributed by atoms with Crippen molar-refractivity contribution in [3.63, 3.8) is 0 Å².